The molecular weight excluding hydrogens is 310 g/mol. The molecule has 0 aliphatic heterocycles. The van der Waals surface area contributed by atoms with Crippen molar-refractivity contribution in [1.29, 1.82) is 0 Å². The van der Waals surface area contributed by atoms with Gasteiger partial charge in [-0.2, -0.15) is 0 Å². The summed E-state index contributed by atoms with van der Waals surface area (Å²) in [4.78, 5) is 16.7. The van der Waals surface area contributed by atoms with E-state index in [2.05, 4.69) is 42.8 Å². The number of carbonyl (C=O) groups excluding carboxylic acids is 1. The van der Waals surface area contributed by atoms with Crippen LogP contribution in [0.1, 0.15) is 48.2 Å². The molecule has 0 unspecified atom stereocenters. The molecule has 4 heteroatoms. The monoisotopic (exact) mass is 331 g/mol. The zero-order chi connectivity index (χ0) is 13.5. The molecule has 1 aromatic rings. The van der Waals surface area contributed by atoms with Crippen LogP contribution in [-0.2, 0) is 6.42 Å². The quantitative estimate of drug-likeness (QED) is 0.680. The molecular formula is C14H22BrNOS. The van der Waals surface area contributed by atoms with Crippen molar-refractivity contribution >= 4 is 33.2 Å². The lowest BCUT2D eigenvalue weighted by molar-refractivity contribution is 0.0688. The van der Waals surface area contributed by atoms with Crippen molar-refractivity contribution in [3.8, 4) is 0 Å². The fourth-order valence-corrected chi connectivity index (χ4v) is 3.38. The summed E-state index contributed by atoms with van der Waals surface area (Å²) in [5.41, 5.74) is 0. The van der Waals surface area contributed by atoms with Crippen LogP contribution in [0, 0.1) is 0 Å². The van der Waals surface area contributed by atoms with E-state index >= 15 is 0 Å². The van der Waals surface area contributed by atoms with Crippen molar-refractivity contribution in [3.63, 3.8) is 0 Å². The van der Waals surface area contributed by atoms with Gasteiger partial charge in [-0.25, -0.2) is 0 Å². The summed E-state index contributed by atoms with van der Waals surface area (Å²) in [7, 11) is 0. The molecule has 1 heterocycles. The number of thiophene rings is 1. The van der Waals surface area contributed by atoms with Crippen LogP contribution in [-0.4, -0.2) is 28.7 Å². The van der Waals surface area contributed by atoms with Crippen molar-refractivity contribution in [1.82, 2.24) is 4.90 Å². The van der Waals surface area contributed by atoms with Gasteiger partial charge in [0.05, 0.1) is 4.88 Å². The number of hydrogen-bond donors (Lipinski definition) is 0. The molecule has 1 amide bonds. The number of amides is 1. The molecule has 0 atom stereocenters. The topological polar surface area (TPSA) is 20.3 Å². The molecule has 0 aliphatic rings. The average molecular weight is 332 g/mol. The molecule has 0 aromatic carbocycles. The Kier molecular flexibility index (Phi) is 6.94. The Morgan fingerprint density at radius 1 is 1.33 bits per heavy atom. The third-order valence-electron chi connectivity index (χ3n) is 3.19. The van der Waals surface area contributed by atoms with E-state index in [0.29, 0.717) is 6.04 Å². The standard InChI is InChI=1S/C14H22BrNOS/c1-4-11(5-2)16(10-9-15)14(17)13-8-7-12(6-3)18-13/h7-8,11H,4-6,9-10H2,1-3H3. The van der Waals surface area contributed by atoms with Crippen molar-refractivity contribution in [2.75, 3.05) is 11.9 Å². The zero-order valence-electron chi connectivity index (χ0n) is 11.4. The first kappa shape index (κ1) is 15.7. The highest BCUT2D eigenvalue weighted by molar-refractivity contribution is 9.09. The van der Waals surface area contributed by atoms with Gasteiger partial charge in [0, 0.05) is 22.8 Å². The smallest absolute Gasteiger partial charge is 0.264 e. The molecule has 0 saturated heterocycles. The molecule has 0 aliphatic carbocycles. The van der Waals surface area contributed by atoms with Gasteiger partial charge in [-0.15, -0.1) is 11.3 Å². The molecule has 1 rings (SSSR count). The van der Waals surface area contributed by atoms with E-state index in [1.165, 1.54) is 4.88 Å². The summed E-state index contributed by atoms with van der Waals surface area (Å²) in [6.45, 7) is 7.20. The van der Waals surface area contributed by atoms with Crippen LogP contribution in [0.5, 0.6) is 0 Å². The Balaban J connectivity index is 2.87. The molecule has 0 spiro atoms. The van der Waals surface area contributed by atoms with E-state index in [9.17, 15) is 4.79 Å². The van der Waals surface area contributed by atoms with Crippen molar-refractivity contribution in [2.24, 2.45) is 0 Å². The van der Waals surface area contributed by atoms with Crippen LogP contribution in [0.2, 0.25) is 0 Å². The maximum atomic E-state index is 12.5. The van der Waals surface area contributed by atoms with Gasteiger partial charge in [0.25, 0.3) is 5.91 Å². The van der Waals surface area contributed by atoms with Crippen molar-refractivity contribution < 1.29 is 4.79 Å². The van der Waals surface area contributed by atoms with Gasteiger partial charge in [0.2, 0.25) is 0 Å². The van der Waals surface area contributed by atoms with Crippen LogP contribution < -0.4 is 0 Å². The first-order chi connectivity index (χ1) is 8.67. The molecule has 0 N–H and O–H groups in total. The van der Waals surface area contributed by atoms with Gasteiger partial charge in [-0.3, -0.25) is 4.79 Å². The highest BCUT2D eigenvalue weighted by atomic mass is 79.9. The Hall–Kier alpha value is -0.350. The number of aryl methyl sites for hydroxylation is 1. The first-order valence-corrected chi connectivity index (χ1v) is 8.57. The van der Waals surface area contributed by atoms with E-state index < -0.39 is 0 Å². The Morgan fingerprint density at radius 2 is 2.00 bits per heavy atom. The molecule has 0 fully saturated rings. The summed E-state index contributed by atoms with van der Waals surface area (Å²) >= 11 is 5.07. The SMILES string of the molecule is CCc1ccc(C(=O)N(CCBr)C(CC)CC)s1. The minimum Gasteiger partial charge on any atom is -0.334 e. The van der Waals surface area contributed by atoms with Gasteiger partial charge in [-0.1, -0.05) is 36.7 Å². The molecule has 2 nitrogen and oxygen atoms in total. The van der Waals surface area contributed by atoms with Crippen molar-refractivity contribution in [2.45, 2.75) is 46.1 Å². The molecule has 102 valence electrons. The highest BCUT2D eigenvalue weighted by Crippen LogP contribution is 2.21. The normalized spacial score (nSPS) is 10.9. The maximum absolute atomic E-state index is 12.5. The van der Waals surface area contributed by atoms with E-state index in [0.717, 1.165) is 36.0 Å². The van der Waals surface area contributed by atoms with E-state index in [4.69, 9.17) is 0 Å². The summed E-state index contributed by atoms with van der Waals surface area (Å²) in [5, 5.41) is 0.835. The third-order valence-corrected chi connectivity index (χ3v) is 4.76. The van der Waals surface area contributed by atoms with Crippen LogP contribution in [0.4, 0.5) is 0 Å². The van der Waals surface area contributed by atoms with Gasteiger partial charge in [0.15, 0.2) is 0 Å². The van der Waals surface area contributed by atoms with E-state index in [1.54, 1.807) is 11.3 Å². The summed E-state index contributed by atoms with van der Waals surface area (Å²) < 4.78 is 0. The fourth-order valence-electron chi connectivity index (χ4n) is 2.09. The lowest BCUT2D eigenvalue weighted by Gasteiger charge is -2.29. The fraction of sp³-hybridized carbons (Fsp3) is 0.643. The van der Waals surface area contributed by atoms with Gasteiger partial charge in [0.1, 0.15) is 0 Å². The van der Waals surface area contributed by atoms with Crippen molar-refractivity contribution in [3.05, 3.63) is 21.9 Å². The second-order valence-electron chi connectivity index (χ2n) is 4.28. The molecule has 0 radical (unpaired) electrons. The number of halogens is 1. The minimum absolute atomic E-state index is 0.188. The van der Waals surface area contributed by atoms with E-state index in [-0.39, 0.29) is 5.91 Å². The Morgan fingerprint density at radius 3 is 2.44 bits per heavy atom. The van der Waals surface area contributed by atoms with Gasteiger partial charge < -0.3 is 4.90 Å². The summed E-state index contributed by atoms with van der Waals surface area (Å²) in [6.07, 6.45) is 3.03. The Labute approximate surface area is 123 Å². The molecule has 0 saturated carbocycles. The maximum Gasteiger partial charge on any atom is 0.264 e. The average Bonchev–Trinajstić information content (AvgIpc) is 2.87. The number of alkyl halides is 1. The Bertz CT molecular complexity index is 374. The van der Waals surface area contributed by atoms with Crippen LogP contribution in [0.25, 0.3) is 0 Å². The second-order valence-corrected chi connectivity index (χ2v) is 6.24. The number of nitrogens with zero attached hydrogens (tertiary/aromatic N) is 1. The zero-order valence-corrected chi connectivity index (χ0v) is 13.8. The largest absolute Gasteiger partial charge is 0.334 e. The van der Waals surface area contributed by atoms with E-state index in [1.807, 2.05) is 11.0 Å². The number of hydrogen-bond acceptors (Lipinski definition) is 2. The minimum atomic E-state index is 0.188. The van der Waals surface area contributed by atoms with Crippen LogP contribution in [0.3, 0.4) is 0 Å². The summed E-state index contributed by atoms with van der Waals surface area (Å²) in [5.74, 6) is 0.188. The van der Waals surface area contributed by atoms with Crippen LogP contribution >= 0.6 is 27.3 Å². The van der Waals surface area contributed by atoms with Gasteiger partial charge >= 0.3 is 0 Å². The number of rotatable bonds is 7. The predicted molar refractivity (Wildman–Crippen MR) is 82.9 cm³/mol. The molecule has 0 bridgehead atoms. The predicted octanol–water partition coefficient (Wildman–Crippen LogP) is 4.34. The lowest BCUT2D eigenvalue weighted by Crippen LogP contribution is -2.40. The lowest BCUT2D eigenvalue weighted by atomic mass is 10.1. The summed E-state index contributed by atoms with van der Waals surface area (Å²) in [6, 6.07) is 4.38. The highest BCUT2D eigenvalue weighted by Gasteiger charge is 2.22. The molecule has 18 heavy (non-hydrogen) atoms. The molecule has 1 aromatic heterocycles. The second kappa shape index (κ2) is 7.95. The van der Waals surface area contributed by atoms with Crippen LogP contribution in [0.15, 0.2) is 12.1 Å². The number of carbonyl (C=O) groups is 1. The third kappa shape index (κ3) is 3.82. The van der Waals surface area contributed by atoms with Gasteiger partial charge in [-0.05, 0) is 31.4 Å². The first-order valence-electron chi connectivity index (χ1n) is 6.63.